The summed E-state index contributed by atoms with van der Waals surface area (Å²) < 4.78 is 40.8. The zero-order valence-electron chi connectivity index (χ0n) is 6.60. The van der Waals surface area contributed by atoms with Crippen LogP contribution >= 0.6 is 0 Å². The number of alkyl halides is 3. The molecule has 0 aromatic heterocycles. The molecular weight excluding hydrogens is 171 g/mol. The maximum atomic E-state index is 11.9. The highest BCUT2D eigenvalue weighted by atomic mass is 19.4. The van der Waals surface area contributed by atoms with Crippen LogP contribution in [0.15, 0.2) is 0 Å². The van der Waals surface area contributed by atoms with E-state index in [-0.39, 0.29) is 12.3 Å². The first-order chi connectivity index (χ1) is 5.50. The molecule has 1 rings (SSSR count). The van der Waals surface area contributed by atoms with Crippen molar-refractivity contribution in [3.8, 4) is 0 Å². The van der Waals surface area contributed by atoms with E-state index in [1.54, 1.807) is 0 Å². The van der Waals surface area contributed by atoms with E-state index in [0.717, 1.165) is 0 Å². The number of hydrogen-bond donors (Lipinski definition) is 1. The van der Waals surface area contributed by atoms with Crippen molar-refractivity contribution >= 4 is 0 Å². The minimum Gasteiger partial charge on any atom is -0.381 e. The van der Waals surface area contributed by atoms with E-state index in [0.29, 0.717) is 19.6 Å². The Morgan fingerprint density at radius 3 is 2.58 bits per heavy atom. The summed E-state index contributed by atoms with van der Waals surface area (Å²) in [4.78, 5) is 0. The Bertz CT molecular complexity index is 142. The fraction of sp³-hybridized carbons (Fsp3) is 1.00. The Morgan fingerprint density at radius 2 is 2.17 bits per heavy atom. The van der Waals surface area contributed by atoms with Crippen LogP contribution in [0.2, 0.25) is 0 Å². The largest absolute Gasteiger partial charge is 0.403 e. The third-order valence-electron chi connectivity index (χ3n) is 2.03. The molecule has 2 nitrogen and oxygen atoms in total. The van der Waals surface area contributed by atoms with Crippen molar-refractivity contribution in [2.45, 2.75) is 25.1 Å². The van der Waals surface area contributed by atoms with Crippen LogP contribution in [0.3, 0.4) is 0 Å². The third-order valence-corrected chi connectivity index (χ3v) is 2.03. The van der Waals surface area contributed by atoms with Crippen LogP contribution in [0.25, 0.3) is 0 Å². The Hall–Kier alpha value is -0.290. The standard InChI is InChI=1S/C7H12F3NO/c8-7(9,10)6(11)3-5-1-2-12-4-5/h5-6H,1-4,11H2. The highest BCUT2D eigenvalue weighted by molar-refractivity contribution is 4.76. The first-order valence-electron chi connectivity index (χ1n) is 3.90. The van der Waals surface area contributed by atoms with Crippen molar-refractivity contribution in [3.63, 3.8) is 0 Å². The molecule has 1 heterocycles. The molecule has 0 amide bonds. The lowest BCUT2D eigenvalue weighted by molar-refractivity contribution is -0.151. The molecule has 2 atom stereocenters. The summed E-state index contributed by atoms with van der Waals surface area (Å²) in [6, 6.07) is -1.69. The SMILES string of the molecule is NC(CC1CCOC1)C(F)(F)F. The fourth-order valence-corrected chi connectivity index (χ4v) is 1.26. The van der Waals surface area contributed by atoms with Crippen LogP contribution < -0.4 is 5.73 Å². The molecule has 1 aliphatic rings. The Balaban J connectivity index is 2.30. The van der Waals surface area contributed by atoms with Gasteiger partial charge in [-0.1, -0.05) is 0 Å². The predicted molar refractivity (Wildman–Crippen MR) is 37.6 cm³/mol. The highest BCUT2D eigenvalue weighted by Gasteiger charge is 2.38. The normalized spacial score (nSPS) is 27.5. The van der Waals surface area contributed by atoms with Crippen LogP contribution in [0.4, 0.5) is 13.2 Å². The van der Waals surface area contributed by atoms with E-state index in [1.807, 2.05) is 0 Å². The highest BCUT2D eigenvalue weighted by Crippen LogP contribution is 2.26. The topological polar surface area (TPSA) is 35.2 Å². The zero-order valence-corrected chi connectivity index (χ0v) is 6.60. The van der Waals surface area contributed by atoms with Gasteiger partial charge in [-0.2, -0.15) is 13.2 Å². The molecule has 0 aromatic carbocycles. The molecule has 2 unspecified atom stereocenters. The predicted octanol–water partition coefficient (Wildman–Crippen LogP) is 1.30. The van der Waals surface area contributed by atoms with Gasteiger partial charge in [0.05, 0.1) is 0 Å². The third kappa shape index (κ3) is 2.64. The van der Waals surface area contributed by atoms with Gasteiger partial charge in [-0.05, 0) is 18.8 Å². The molecule has 5 heteroatoms. The quantitative estimate of drug-likeness (QED) is 0.700. The smallest absolute Gasteiger partial charge is 0.381 e. The van der Waals surface area contributed by atoms with Gasteiger partial charge in [0.1, 0.15) is 6.04 Å². The Labute approximate surface area is 68.9 Å². The van der Waals surface area contributed by atoms with E-state index in [4.69, 9.17) is 10.5 Å². The number of ether oxygens (including phenoxy) is 1. The number of nitrogens with two attached hydrogens (primary N) is 1. The molecule has 0 saturated carbocycles. The molecule has 0 aromatic rings. The summed E-state index contributed by atoms with van der Waals surface area (Å²) >= 11 is 0. The first-order valence-corrected chi connectivity index (χ1v) is 3.90. The van der Waals surface area contributed by atoms with E-state index < -0.39 is 12.2 Å². The summed E-state index contributed by atoms with van der Waals surface area (Å²) in [6.07, 6.45) is -3.57. The second-order valence-electron chi connectivity index (χ2n) is 3.11. The zero-order chi connectivity index (χ0) is 9.19. The van der Waals surface area contributed by atoms with Crippen molar-refractivity contribution in [1.82, 2.24) is 0 Å². The summed E-state index contributed by atoms with van der Waals surface area (Å²) in [5.41, 5.74) is 4.95. The molecule has 1 fully saturated rings. The average Bonchev–Trinajstić information content (AvgIpc) is 2.37. The molecule has 1 saturated heterocycles. The fourth-order valence-electron chi connectivity index (χ4n) is 1.26. The van der Waals surface area contributed by atoms with Crippen molar-refractivity contribution in [1.29, 1.82) is 0 Å². The minimum absolute atomic E-state index is 0.0104. The molecule has 0 bridgehead atoms. The molecule has 1 aliphatic heterocycles. The van der Waals surface area contributed by atoms with E-state index in [9.17, 15) is 13.2 Å². The van der Waals surface area contributed by atoms with Gasteiger partial charge in [0, 0.05) is 13.2 Å². The van der Waals surface area contributed by atoms with Gasteiger partial charge in [0.15, 0.2) is 0 Å². The van der Waals surface area contributed by atoms with Gasteiger partial charge in [-0.25, -0.2) is 0 Å². The molecule has 0 radical (unpaired) electrons. The first kappa shape index (κ1) is 9.80. The number of halogens is 3. The maximum absolute atomic E-state index is 11.9. The molecule has 12 heavy (non-hydrogen) atoms. The molecule has 72 valence electrons. The lowest BCUT2D eigenvalue weighted by atomic mass is 9.99. The second-order valence-corrected chi connectivity index (χ2v) is 3.11. The van der Waals surface area contributed by atoms with E-state index >= 15 is 0 Å². The summed E-state index contributed by atoms with van der Waals surface area (Å²) in [7, 11) is 0. The maximum Gasteiger partial charge on any atom is 0.403 e. The Kier molecular flexibility index (Phi) is 2.95. The number of rotatable bonds is 2. The van der Waals surface area contributed by atoms with Crippen molar-refractivity contribution < 1.29 is 17.9 Å². The average molecular weight is 183 g/mol. The van der Waals surface area contributed by atoms with Gasteiger partial charge < -0.3 is 10.5 Å². The van der Waals surface area contributed by atoms with E-state index in [2.05, 4.69) is 0 Å². The second kappa shape index (κ2) is 3.62. The van der Waals surface area contributed by atoms with E-state index in [1.165, 1.54) is 0 Å². The van der Waals surface area contributed by atoms with Crippen LogP contribution in [0.5, 0.6) is 0 Å². The van der Waals surface area contributed by atoms with Crippen molar-refractivity contribution in [3.05, 3.63) is 0 Å². The summed E-state index contributed by atoms with van der Waals surface area (Å²) in [5, 5.41) is 0. The van der Waals surface area contributed by atoms with Crippen LogP contribution in [0.1, 0.15) is 12.8 Å². The van der Waals surface area contributed by atoms with Gasteiger partial charge in [-0.15, -0.1) is 0 Å². The Morgan fingerprint density at radius 1 is 1.50 bits per heavy atom. The molecule has 2 N–H and O–H groups in total. The van der Waals surface area contributed by atoms with Gasteiger partial charge in [0.25, 0.3) is 0 Å². The van der Waals surface area contributed by atoms with Gasteiger partial charge in [0.2, 0.25) is 0 Å². The monoisotopic (exact) mass is 183 g/mol. The van der Waals surface area contributed by atoms with Crippen LogP contribution in [0, 0.1) is 5.92 Å². The lowest BCUT2D eigenvalue weighted by Crippen LogP contribution is -2.38. The molecule has 0 spiro atoms. The summed E-state index contributed by atoms with van der Waals surface area (Å²) in [5.74, 6) is -0.0124. The van der Waals surface area contributed by atoms with Crippen LogP contribution in [-0.2, 0) is 4.74 Å². The van der Waals surface area contributed by atoms with Crippen molar-refractivity contribution in [2.24, 2.45) is 11.7 Å². The lowest BCUT2D eigenvalue weighted by Gasteiger charge is -2.17. The van der Waals surface area contributed by atoms with Crippen molar-refractivity contribution in [2.75, 3.05) is 13.2 Å². The summed E-state index contributed by atoms with van der Waals surface area (Å²) in [6.45, 7) is 0.985. The molecular formula is C7H12F3NO. The van der Waals surface area contributed by atoms with Crippen LogP contribution in [-0.4, -0.2) is 25.4 Å². The number of hydrogen-bond acceptors (Lipinski definition) is 2. The van der Waals surface area contributed by atoms with Gasteiger partial charge >= 0.3 is 6.18 Å². The molecule has 0 aliphatic carbocycles. The van der Waals surface area contributed by atoms with Gasteiger partial charge in [-0.3, -0.25) is 0 Å². The minimum atomic E-state index is -4.26.